The molecular weight excluding hydrogens is 613 g/mol. The first-order valence-electron chi connectivity index (χ1n) is 16.7. The number of fused-ring (bicyclic) bond motifs is 6. The Bertz CT molecular complexity index is 2800. The van der Waals surface area contributed by atoms with E-state index >= 15 is 0 Å². The SMILES string of the molecule is c1ccc(-c2nc(-c3ccccc3)nc(-c3ccc4oc5ccccc5c4c3-n3c4ccccc4c4cccc(-c5ccccc5)c43)n2)cc1. The molecule has 7 aromatic carbocycles. The molecule has 0 aliphatic rings. The number of hydrogen-bond donors (Lipinski definition) is 0. The lowest BCUT2D eigenvalue weighted by molar-refractivity contribution is 0.669. The van der Waals surface area contributed by atoms with E-state index in [1.807, 2.05) is 78.9 Å². The second-order valence-corrected chi connectivity index (χ2v) is 12.4. The van der Waals surface area contributed by atoms with Crippen molar-refractivity contribution in [1.82, 2.24) is 19.5 Å². The Balaban J connectivity index is 1.39. The second-order valence-electron chi connectivity index (χ2n) is 12.4. The maximum atomic E-state index is 6.54. The summed E-state index contributed by atoms with van der Waals surface area (Å²) in [5.74, 6) is 1.82. The summed E-state index contributed by atoms with van der Waals surface area (Å²) in [4.78, 5) is 15.4. The molecule has 0 amide bonds. The van der Waals surface area contributed by atoms with Crippen LogP contribution in [-0.4, -0.2) is 19.5 Å². The molecule has 0 bridgehead atoms. The Morgan fingerprint density at radius 2 is 0.940 bits per heavy atom. The number of benzene rings is 7. The van der Waals surface area contributed by atoms with Crippen LogP contribution in [0.2, 0.25) is 0 Å². The standard InChI is InChI=1S/C45H28N4O/c1-4-15-29(16-5-1)32-23-14-24-34-33-21-10-12-25-37(33)49(41(32)34)42-36(27-28-39-40(42)35-22-11-13-26-38(35)50-39)45-47-43(30-17-6-2-7-18-30)46-44(48-45)31-19-8-3-9-20-31/h1-28H. The van der Waals surface area contributed by atoms with Gasteiger partial charge in [-0.2, -0.15) is 0 Å². The van der Waals surface area contributed by atoms with Gasteiger partial charge in [0.25, 0.3) is 0 Å². The first kappa shape index (κ1) is 28.2. The van der Waals surface area contributed by atoms with Gasteiger partial charge in [0.15, 0.2) is 17.5 Å². The molecule has 0 aliphatic heterocycles. The average Bonchev–Trinajstić information content (AvgIpc) is 3.74. The molecule has 0 fully saturated rings. The van der Waals surface area contributed by atoms with Crippen LogP contribution in [0.4, 0.5) is 0 Å². The predicted molar refractivity (Wildman–Crippen MR) is 203 cm³/mol. The molecule has 0 aliphatic carbocycles. The van der Waals surface area contributed by atoms with E-state index in [4.69, 9.17) is 19.4 Å². The molecule has 50 heavy (non-hydrogen) atoms. The first-order chi connectivity index (χ1) is 24.8. The van der Waals surface area contributed by atoms with Crippen molar-refractivity contribution >= 4 is 43.7 Å². The van der Waals surface area contributed by atoms with Crippen LogP contribution in [0.15, 0.2) is 174 Å². The fraction of sp³-hybridized carbons (Fsp3) is 0. The van der Waals surface area contributed by atoms with Gasteiger partial charge in [0.2, 0.25) is 0 Å². The Morgan fingerprint density at radius 3 is 1.64 bits per heavy atom. The lowest BCUT2D eigenvalue weighted by atomic mass is 10.0. The first-order valence-corrected chi connectivity index (χ1v) is 16.7. The van der Waals surface area contributed by atoms with Crippen LogP contribution in [-0.2, 0) is 0 Å². The van der Waals surface area contributed by atoms with Crippen molar-refractivity contribution in [1.29, 1.82) is 0 Å². The highest BCUT2D eigenvalue weighted by molar-refractivity contribution is 6.18. The van der Waals surface area contributed by atoms with Crippen LogP contribution >= 0.6 is 0 Å². The Labute approximate surface area is 287 Å². The third kappa shape index (κ3) is 4.45. The van der Waals surface area contributed by atoms with Gasteiger partial charge in [0.05, 0.1) is 22.1 Å². The van der Waals surface area contributed by atoms with Crippen molar-refractivity contribution in [2.75, 3.05) is 0 Å². The van der Waals surface area contributed by atoms with E-state index in [-0.39, 0.29) is 0 Å². The average molecular weight is 641 g/mol. The van der Waals surface area contributed by atoms with E-state index in [0.717, 1.165) is 66.5 Å². The van der Waals surface area contributed by atoms with Crippen molar-refractivity contribution in [3.05, 3.63) is 170 Å². The maximum Gasteiger partial charge on any atom is 0.166 e. The van der Waals surface area contributed by atoms with Gasteiger partial charge in [-0.25, -0.2) is 15.0 Å². The molecule has 0 saturated heterocycles. The number of nitrogens with zero attached hydrogens (tertiary/aromatic N) is 4. The van der Waals surface area contributed by atoms with Gasteiger partial charge in [-0.1, -0.05) is 146 Å². The van der Waals surface area contributed by atoms with E-state index < -0.39 is 0 Å². The molecule has 0 saturated carbocycles. The third-order valence-electron chi connectivity index (χ3n) is 9.46. The van der Waals surface area contributed by atoms with E-state index in [1.54, 1.807) is 0 Å². The van der Waals surface area contributed by atoms with Crippen molar-refractivity contribution in [3.63, 3.8) is 0 Å². The van der Waals surface area contributed by atoms with Crippen LogP contribution in [0, 0.1) is 0 Å². The molecule has 0 spiro atoms. The molecule has 5 heteroatoms. The summed E-state index contributed by atoms with van der Waals surface area (Å²) in [6, 6.07) is 58.5. The Kier molecular flexibility index (Phi) is 6.42. The predicted octanol–water partition coefficient (Wildman–Crippen LogP) is 11.5. The smallest absolute Gasteiger partial charge is 0.166 e. The molecular formula is C45H28N4O. The molecule has 0 N–H and O–H groups in total. The molecule has 3 heterocycles. The highest BCUT2D eigenvalue weighted by atomic mass is 16.3. The van der Waals surface area contributed by atoms with Gasteiger partial charge in [-0.05, 0) is 29.8 Å². The second kappa shape index (κ2) is 11.4. The van der Waals surface area contributed by atoms with E-state index in [9.17, 15) is 0 Å². The third-order valence-corrected chi connectivity index (χ3v) is 9.46. The number of aromatic nitrogens is 4. The summed E-state index contributed by atoms with van der Waals surface area (Å²) in [5.41, 5.74) is 9.80. The van der Waals surface area contributed by atoms with E-state index in [2.05, 4.69) is 95.6 Å². The molecule has 3 aromatic heterocycles. The lowest BCUT2D eigenvalue weighted by Crippen LogP contribution is -2.04. The van der Waals surface area contributed by atoms with Crippen molar-refractivity contribution < 1.29 is 4.42 Å². The molecule has 0 unspecified atom stereocenters. The topological polar surface area (TPSA) is 56.7 Å². The van der Waals surface area contributed by atoms with Gasteiger partial charge in [-0.3, -0.25) is 0 Å². The summed E-state index contributed by atoms with van der Waals surface area (Å²) < 4.78 is 8.94. The largest absolute Gasteiger partial charge is 0.456 e. The summed E-state index contributed by atoms with van der Waals surface area (Å²) in [5, 5.41) is 4.37. The fourth-order valence-electron chi connectivity index (χ4n) is 7.24. The minimum atomic E-state index is 0.586. The van der Waals surface area contributed by atoms with Crippen LogP contribution < -0.4 is 0 Å². The van der Waals surface area contributed by atoms with Crippen LogP contribution in [0.1, 0.15) is 0 Å². The summed E-state index contributed by atoms with van der Waals surface area (Å²) in [6.07, 6.45) is 0. The molecule has 234 valence electrons. The highest BCUT2D eigenvalue weighted by Gasteiger charge is 2.25. The molecule has 0 atom stereocenters. The molecule has 0 radical (unpaired) electrons. The monoisotopic (exact) mass is 640 g/mol. The van der Waals surface area contributed by atoms with Gasteiger partial charge < -0.3 is 8.98 Å². The number of rotatable bonds is 5. The quantitative estimate of drug-likeness (QED) is 0.188. The van der Waals surface area contributed by atoms with Gasteiger partial charge in [0, 0.05) is 38.4 Å². The zero-order valence-electron chi connectivity index (χ0n) is 26.9. The number of hydrogen-bond acceptors (Lipinski definition) is 4. The minimum absolute atomic E-state index is 0.586. The van der Waals surface area contributed by atoms with E-state index in [1.165, 1.54) is 10.8 Å². The van der Waals surface area contributed by atoms with Crippen molar-refractivity contribution in [2.24, 2.45) is 0 Å². The van der Waals surface area contributed by atoms with Gasteiger partial charge in [-0.15, -0.1) is 0 Å². The molecule has 5 nitrogen and oxygen atoms in total. The van der Waals surface area contributed by atoms with Crippen LogP contribution in [0.3, 0.4) is 0 Å². The van der Waals surface area contributed by atoms with Crippen LogP contribution in [0.25, 0.3) is 94.7 Å². The fourth-order valence-corrected chi connectivity index (χ4v) is 7.24. The number of furan rings is 1. The van der Waals surface area contributed by atoms with Gasteiger partial charge in [0.1, 0.15) is 11.2 Å². The summed E-state index contributed by atoms with van der Waals surface area (Å²) in [7, 11) is 0. The molecule has 10 rings (SSSR count). The van der Waals surface area contributed by atoms with Crippen molar-refractivity contribution in [2.45, 2.75) is 0 Å². The van der Waals surface area contributed by atoms with Gasteiger partial charge >= 0.3 is 0 Å². The number of para-hydroxylation sites is 3. The zero-order chi connectivity index (χ0) is 33.0. The van der Waals surface area contributed by atoms with E-state index in [0.29, 0.717) is 17.5 Å². The van der Waals surface area contributed by atoms with Crippen molar-refractivity contribution in [3.8, 4) is 51.0 Å². The zero-order valence-corrected chi connectivity index (χ0v) is 26.9. The Morgan fingerprint density at radius 1 is 0.380 bits per heavy atom. The summed E-state index contributed by atoms with van der Waals surface area (Å²) in [6.45, 7) is 0. The molecule has 10 aromatic rings. The lowest BCUT2D eigenvalue weighted by Gasteiger charge is -2.17. The minimum Gasteiger partial charge on any atom is -0.456 e. The summed E-state index contributed by atoms with van der Waals surface area (Å²) >= 11 is 0. The highest BCUT2D eigenvalue weighted by Crippen LogP contribution is 2.45. The maximum absolute atomic E-state index is 6.54. The normalized spacial score (nSPS) is 11.6. The van der Waals surface area contributed by atoms with Crippen LogP contribution in [0.5, 0.6) is 0 Å². The Hall–Kier alpha value is -6.85.